The highest BCUT2D eigenvalue weighted by Crippen LogP contribution is 2.34. The van der Waals surface area contributed by atoms with Crippen LogP contribution in [0.2, 0.25) is 0 Å². The van der Waals surface area contributed by atoms with Crippen LogP contribution in [0, 0.1) is 6.92 Å². The third-order valence-electron chi connectivity index (χ3n) is 5.03. The van der Waals surface area contributed by atoms with Crippen molar-refractivity contribution in [1.29, 1.82) is 0 Å². The third-order valence-corrected chi connectivity index (χ3v) is 6.03. The molecule has 0 bridgehead atoms. The molecule has 0 atom stereocenters. The summed E-state index contributed by atoms with van der Waals surface area (Å²) in [5.41, 5.74) is 3.59. The molecule has 0 saturated heterocycles. The van der Waals surface area contributed by atoms with Gasteiger partial charge in [0, 0.05) is 16.7 Å². The van der Waals surface area contributed by atoms with E-state index in [1.54, 1.807) is 0 Å². The Balaban J connectivity index is 1.38. The van der Waals surface area contributed by atoms with Crippen molar-refractivity contribution in [1.82, 2.24) is 9.38 Å². The zero-order valence-electron chi connectivity index (χ0n) is 17.0. The van der Waals surface area contributed by atoms with Crippen LogP contribution in [-0.2, 0) is 4.79 Å². The fourth-order valence-corrected chi connectivity index (χ4v) is 4.28. The standard InChI is InChI=1S/C24H21N3O3S/c1-16-6-5-11-27-23(16)26-22(17-7-3-2-4-8-17)24(27)25-21(28)15-31-18-9-10-19-20(14-18)30-13-12-29-19/h2-11,14H,12-13,15H2,1H3,(H,25,28). The van der Waals surface area contributed by atoms with E-state index in [1.807, 2.05) is 78.2 Å². The van der Waals surface area contributed by atoms with Gasteiger partial charge in [0.1, 0.15) is 30.4 Å². The molecule has 0 fully saturated rings. The van der Waals surface area contributed by atoms with Gasteiger partial charge in [-0.2, -0.15) is 0 Å². The van der Waals surface area contributed by atoms with Crippen molar-refractivity contribution in [2.45, 2.75) is 11.8 Å². The quantitative estimate of drug-likeness (QED) is 0.460. The first kappa shape index (κ1) is 19.5. The first-order chi connectivity index (χ1) is 15.2. The predicted octanol–water partition coefficient (Wildman–Crippen LogP) is 4.81. The van der Waals surface area contributed by atoms with Gasteiger partial charge in [-0.1, -0.05) is 36.4 Å². The van der Waals surface area contributed by atoms with Crippen molar-refractivity contribution < 1.29 is 14.3 Å². The second kappa shape index (κ2) is 8.35. The lowest BCUT2D eigenvalue weighted by molar-refractivity contribution is -0.113. The van der Waals surface area contributed by atoms with Crippen LogP contribution in [0.25, 0.3) is 16.9 Å². The Kier molecular flexibility index (Phi) is 5.26. The molecule has 7 heteroatoms. The fraction of sp³-hybridized carbons (Fsp3) is 0.167. The number of amides is 1. The molecule has 0 unspecified atom stereocenters. The number of pyridine rings is 1. The van der Waals surface area contributed by atoms with Gasteiger partial charge in [0.15, 0.2) is 11.5 Å². The summed E-state index contributed by atoms with van der Waals surface area (Å²) in [7, 11) is 0. The number of aromatic nitrogens is 2. The second-order valence-electron chi connectivity index (χ2n) is 7.20. The number of thioether (sulfide) groups is 1. The molecule has 1 aliphatic rings. The van der Waals surface area contributed by atoms with E-state index >= 15 is 0 Å². The second-order valence-corrected chi connectivity index (χ2v) is 8.25. The number of nitrogens with one attached hydrogen (secondary N) is 1. The van der Waals surface area contributed by atoms with E-state index < -0.39 is 0 Å². The van der Waals surface area contributed by atoms with Crippen LogP contribution in [0.4, 0.5) is 5.82 Å². The Morgan fingerprint density at radius 1 is 1.06 bits per heavy atom. The first-order valence-electron chi connectivity index (χ1n) is 10.0. The van der Waals surface area contributed by atoms with Crippen LogP contribution in [0.3, 0.4) is 0 Å². The minimum absolute atomic E-state index is 0.0969. The summed E-state index contributed by atoms with van der Waals surface area (Å²) >= 11 is 1.46. The van der Waals surface area contributed by atoms with Gasteiger partial charge in [0.05, 0.1) is 5.75 Å². The lowest BCUT2D eigenvalue weighted by Gasteiger charge is -2.18. The maximum Gasteiger partial charge on any atom is 0.235 e. The van der Waals surface area contributed by atoms with Crippen LogP contribution < -0.4 is 14.8 Å². The van der Waals surface area contributed by atoms with E-state index in [0.717, 1.165) is 38.9 Å². The molecular weight excluding hydrogens is 410 g/mol. The van der Waals surface area contributed by atoms with Crippen molar-refractivity contribution in [3.05, 3.63) is 72.4 Å². The number of benzene rings is 2. The lowest BCUT2D eigenvalue weighted by Crippen LogP contribution is -2.16. The number of imidazole rings is 1. The van der Waals surface area contributed by atoms with E-state index in [2.05, 4.69) is 5.32 Å². The zero-order chi connectivity index (χ0) is 21.2. The molecule has 2 aromatic carbocycles. The fourth-order valence-electron chi connectivity index (χ4n) is 3.55. The summed E-state index contributed by atoms with van der Waals surface area (Å²) in [4.78, 5) is 18.6. The number of ether oxygens (including phenoxy) is 2. The lowest BCUT2D eigenvalue weighted by atomic mass is 10.1. The first-order valence-corrected chi connectivity index (χ1v) is 11.0. The van der Waals surface area contributed by atoms with Crippen molar-refractivity contribution in [2.24, 2.45) is 0 Å². The highest BCUT2D eigenvalue weighted by molar-refractivity contribution is 8.00. The Morgan fingerprint density at radius 2 is 1.87 bits per heavy atom. The van der Waals surface area contributed by atoms with Gasteiger partial charge in [0.2, 0.25) is 5.91 Å². The highest BCUT2D eigenvalue weighted by atomic mass is 32.2. The summed E-state index contributed by atoms with van der Waals surface area (Å²) in [6, 6.07) is 19.6. The van der Waals surface area contributed by atoms with Gasteiger partial charge in [-0.05, 0) is 36.8 Å². The molecule has 1 N–H and O–H groups in total. The molecule has 0 saturated carbocycles. The van der Waals surface area contributed by atoms with E-state index in [1.165, 1.54) is 11.8 Å². The van der Waals surface area contributed by atoms with E-state index in [-0.39, 0.29) is 11.7 Å². The minimum atomic E-state index is -0.0969. The van der Waals surface area contributed by atoms with Crippen LogP contribution in [0.1, 0.15) is 5.56 Å². The number of hydrogen-bond acceptors (Lipinski definition) is 5. The monoisotopic (exact) mass is 431 g/mol. The Bertz CT molecular complexity index is 1250. The van der Waals surface area contributed by atoms with Gasteiger partial charge in [-0.3, -0.25) is 9.20 Å². The Hall–Kier alpha value is -3.45. The van der Waals surface area contributed by atoms with Crippen molar-refractivity contribution in [2.75, 3.05) is 24.3 Å². The molecule has 3 heterocycles. The molecule has 1 aliphatic heterocycles. The summed E-state index contributed by atoms with van der Waals surface area (Å²) in [5, 5.41) is 3.08. The van der Waals surface area contributed by atoms with Crippen LogP contribution in [0.5, 0.6) is 11.5 Å². The minimum Gasteiger partial charge on any atom is -0.486 e. The number of anilines is 1. The summed E-state index contributed by atoms with van der Waals surface area (Å²) < 4.78 is 13.1. The molecule has 2 aromatic heterocycles. The zero-order valence-corrected chi connectivity index (χ0v) is 17.8. The molecule has 6 nitrogen and oxygen atoms in total. The Labute approximate surface area is 184 Å². The number of nitrogens with zero attached hydrogens (tertiary/aromatic N) is 2. The predicted molar refractivity (Wildman–Crippen MR) is 122 cm³/mol. The summed E-state index contributed by atoms with van der Waals surface area (Å²) in [5.74, 6) is 2.32. The summed E-state index contributed by atoms with van der Waals surface area (Å²) in [6.07, 6.45) is 1.92. The van der Waals surface area contributed by atoms with Crippen molar-refractivity contribution in [3.63, 3.8) is 0 Å². The van der Waals surface area contributed by atoms with Crippen molar-refractivity contribution >= 4 is 29.1 Å². The smallest absolute Gasteiger partial charge is 0.235 e. The van der Waals surface area contributed by atoms with Crippen molar-refractivity contribution in [3.8, 4) is 22.8 Å². The number of hydrogen-bond donors (Lipinski definition) is 1. The number of rotatable bonds is 5. The highest BCUT2D eigenvalue weighted by Gasteiger charge is 2.18. The van der Waals surface area contributed by atoms with E-state index in [4.69, 9.17) is 14.5 Å². The van der Waals surface area contributed by atoms with E-state index in [9.17, 15) is 4.79 Å². The molecule has 5 rings (SSSR count). The molecule has 0 spiro atoms. The third kappa shape index (κ3) is 3.96. The van der Waals surface area contributed by atoms with Crippen LogP contribution in [0.15, 0.2) is 71.8 Å². The molecule has 31 heavy (non-hydrogen) atoms. The maximum atomic E-state index is 12.9. The molecular formula is C24H21N3O3S. The molecule has 0 aliphatic carbocycles. The van der Waals surface area contributed by atoms with Gasteiger partial charge in [0.25, 0.3) is 0 Å². The average molecular weight is 432 g/mol. The summed E-state index contributed by atoms with van der Waals surface area (Å²) in [6.45, 7) is 3.11. The van der Waals surface area contributed by atoms with E-state index in [0.29, 0.717) is 19.0 Å². The molecule has 4 aromatic rings. The topological polar surface area (TPSA) is 64.9 Å². The number of carbonyl (C=O) groups excluding carboxylic acids is 1. The normalized spacial score (nSPS) is 12.7. The Morgan fingerprint density at radius 3 is 2.71 bits per heavy atom. The number of carbonyl (C=O) groups is 1. The average Bonchev–Trinajstić information content (AvgIpc) is 3.18. The largest absolute Gasteiger partial charge is 0.486 e. The van der Waals surface area contributed by atoms with Gasteiger partial charge >= 0.3 is 0 Å². The SMILES string of the molecule is Cc1cccn2c(NC(=O)CSc3ccc4c(c3)OCCO4)c(-c3ccccc3)nc12. The van der Waals surface area contributed by atoms with Crippen LogP contribution in [-0.4, -0.2) is 34.3 Å². The van der Waals surface area contributed by atoms with Crippen LogP contribution >= 0.6 is 11.8 Å². The maximum absolute atomic E-state index is 12.9. The van der Waals surface area contributed by atoms with Gasteiger partial charge in [-0.25, -0.2) is 4.98 Å². The molecule has 156 valence electrons. The van der Waals surface area contributed by atoms with Gasteiger partial charge < -0.3 is 14.8 Å². The van der Waals surface area contributed by atoms with Gasteiger partial charge in [-0.15, -0.1) is 11.8 Å². The molecule has 1 amide bonds. The number of aryl methyl sites for hydroxylation is 1. The molecule has 0 radical (unpaired) electrons. The number of fused-ring (bicyclic) bond motifs is 2.